The molecule has 0 bridgehead atoms. The Balaban J connectivity index is 2.48. The molecule has 2 aromatic carbocycles. The van der Waals surface area contributed by atoms with Gasteiger partial charge in [-0.05, 0) is 57.7 Å². The normalized spacial score (nSPS) is 17.6. The SMILES string of the molecule is CC(C)(C)c1cccc2c1-c1c(C(C)(C)C)cccc1S2(C)C. The average molecular weight is 327 g/mol. The van der Waals surface area contributed by atoms with Gasteiger partial charge in [-0.2, -0.15) is 10.0 Å². The van der Waals surface area contributed by atoms with Crippen LogP contribution in [0.15, 0.2) is 46.2 Å². The molecule has 124 valence electrons. The summed E-state index contributed by atoms with van der Waals surface area (Å²) in [7, 11) is -0.930. The molecule has 0 saturated carbocycles. The van der Waals surface area contributed by atoms with E-state index in [-0.39, 0.29) is 10.8 Å². The average Bonchev–Trinajstić information content (AvgIpc) is 2.66. The highest BCUT2D eigenvalue weighted by Crippen LogP contribution is 2.69. The minimum atomic E-state index is -0.930. The van der Waals surface area contributed by atoms with Gasteiger partial charge >= 0.3 is 0 Å². The van der Waals surface area contributed by atoms with Crippen molar-refractivity contribution in [3.8, 4) is 11.1 Å². The van der Waals surface area contributed by atoms with E-state index in [2.05, 4.69) is 90.5 Å². The molecule has 1 aliphatic heterocycles. The lowest BCUT2D eigenvalue weighted by Crippen LogP contribution is -2.16. The molecule has 3 rings (SSSR count). The highest BCUT2D eigenvalue weighted by atomic mass is 32.3. The van der Waals surface area contributed by atoms with E-state index in [9.17, 15) is 0 Å². The Hall–Kier alpha value is -1.21. The van der Waals surface area contributed by atoms with Crippen LogP contribution < -0.4 is 0 Å². The third-order valence-electron chi connectivity index (χ3n) is 5.02. The Bertz CT molecular complexity index is 702. The quantitative estimate of drug-likeness (QED) is 0.502. The van der Waals surface area contributed by atoms with Crippen LogP contribution in [0.25, 0.3) is 11.1 Å². The zero-order valence-corrected chi connectivity index (χ0v) is 16.7. The van der Waals surface area contributed by atoms with Crippen molar-refractivity contribution < 1.29 is 0 Å². The number of benzene rings is 2. The lowest BCUT2D eigenvalue weighted by atomic mass is 9.77. The summed E-state index contributed by atoms with van der Waals surface area (Å²) in [5, 5.41) is 0. The Kier molecular flexibility index (Phi) is 3.54. The fraction of sp³-hybridized carbons (Fsp3) is 0.455. The zero-order chi connectivity index (χ0) is 17.2. The van der Waals surface area contributed by atoms with E-state index in [0.717, 1.165) is 0 Å². The molecule has 0 nitrogen and oxygen atoms in total. The monoisotopic (exact) mass is 326 g/mol. The van der Waals surface area contributed by atoms with Crippen molar-refractivity contribution in [2.45, 2.75) is 62.2 Å². The van der Waals surface area contributed by atoms with Crippen molar-refractivity contribution in [2.75, 3.05) is 12.5 Å². The summed E-state index contributed by atoms with van der Waals surface area (Å²) >= 11 is 0. The third kappa shape index (κ3) is 2.45. The molecule has 0 N–H and O–H groups in total. The maximum atomic E-state index is 2.45. The second-order valence-electron chi connectivity index (χ2n) is 9.18. The fourth-order valence-electron chi connectivity index (χ4n) is 3.80. The van der Waals surface area contributed by atoms with Gasteiger partial charge in [0.2, 0.25) is 0 Å². The van der Waals surface area contributed by atoms with E-state index in [1.54, 1.807) is 9.79 Å². The second kappa shape index (κ2) is 4.89. The number of hydrogen-bond donors (Lipinski definition) is 0. The van der Waals surface area contributed by atoms with Crippen molar-refractivity contribution in [3.05, 3.63) is 47.5 Å². The topological polar surface area (TPSA) is 0 Å². The van der Waals surface area contributed by atoms with E-state index in [4.69, 9.17) is 0 Å². The first kappa shape index (κ1) is 16.6. The van der Waals surface area contributed by atoms with Gasteiger partial charge in [0, 0.05) is 9.79 Å². The Morgan fingerprint density at radius 2 is 0.957 bits per heavy atom. The molecule has 0 amide bonds. The molecule has 1 aliphatic rings. The molecule has 0 radical (unpaired) electrons. The highest BCUT2D eigenvalue weighted by molar-refractivity contribution is 8.33. The van der Waals surface area contributed by atoms with Crippen LogP contribution in [-0.2, 0) is 10.8 Å². The summed E-state index contributed by atoms with van der Waals surface area (Å²) < 4.78 is 0. The van der Waals surface area contributed by atoms with Gasteiger partial charge in [-0.3, -0.25) is 0 Å². The minimum Gasteiger partial charge on any atom is -0.192 e. The first-order valence-electron chi connectivity index (χ1n) is 8.46. The number of hydrogen-bond acceptors (Lipinski definition) is 0. The van der Waals surface area contributed by atoms with Crippen LogP contribution in [0.2, 0.25) is 0 Å². The molecule has 0 aromatic heterocycles. The molecule has 1 heterocycles. The summed E-state index contributed by atoms with van der Waals surface area (Å²) in [5.74, 6) is 0. The van der Waals surface area contributed by atoms with Gasteiger partial charge in [0.1, 0.15) is 0 Å². The summed E-state index contributed by atoms with van der Waals surface area (Å²) in [6.45, 7) is 14.0. The lowest BCUT2D eigenvalue weighted by Gasteiger charge is -2.29. The van der Waals surface area contributed by atoms with Crippen LogP contribution in [0, 0.1) is 0 Å². The zero-order valence-electron chi connectivity index (χ0n) is 15.9. The van der Waals surface area contributed by atoms with E-state index >= 15 is 0 Å². The van der Waals surface area contributed by atoms with Gasteiger partial charge in [0.25, 0.3) is 0 Å². The van der Waals surface area contributed by atoms with Gasteiger partial charge in [0.05, 0.1) is 0 Å². The van der Waals surface area contributed by atoms with Crippen molar-refractivity contribution in [1.82, 2.24) is 0 Å². The second-order valence-corrected chi connectivity index (χ2v) is 12.7. The highest BCUT2D eigenvalue weighted by Gasteiger charge is 2.38. The van der Waals surface area contributed by atoms with E-state index in [1.807, 2.05) is 0 Å². The standard InChI is InChI=1S/C22H30S/c1-21(2,3)15-11-9-13-17-19(15)20-16(22(4,5)6)12-10-14-18(20)23(17,7)8/h9-14H,1-8H3. The van der Waals surface area contributed by atoms with E-state index in [1.165, 1.54) is 22.3 Å². The molecule has 0 spiro atoms. The molecular formula is C22H30S. The van der Waals surface area contributed by atoms with Crippen molar-refractivity contribution >= 4 is 10.0 Å². The maximum absolute atomic E-state index is 2.45. The van der Waals surface area contributed by atoms with Crippen LogP contribution in [0.4, 0.5) is 0 Å². The molecule has 0 fully saturated rings. The predicted octanol–water partition coefficient (Wildman–Crippen LogP) is 6.74. The van der Waals surface area contributed by atoms with Gasteiger partial charge in [-0.25, -0.2) is 0 Å². The molecule has 0 aliphatic carbocycles. The van der Waals surface area contributed by atoms with Crippen LogP contribution >= 0.6 is 10.0 Å². The third-order valence-corrected chi connectivity index (χ3v) is 7.90. The van der Waals surface area contributed by atoms with Gasteiger partial charge in [-0.15, -0.1) is 0 Å². The van der Waals surface area contributed by atoms with E-state index < -0.39 is 10.0 Å². The van der Waals surface area contributed by atoms with Gasteiger partial charge < -0.3 is 0 Å². The van der Waals surface area contributed by atoms with Crippen LogP contribution in [0.5, 0.6) is 0 Å². The predicted molar refractivity (Wildman–Crippen MR) is 105 cm³/mol. The Morgan fingerprint density at radius 1 is 0.609 bits per heavy atom. The number of fused-ring (bicyclic) bond motifs is 3. The van der Waals surface area contributed by atoms with Crippen LogP contribution in [0.1, 0.15) is 52.7 Å². The molecular weight excluding hydrogens is 296 g/mol. The first-order valence-corrected chi connectivity index (χ1v) is 10.9. The smallest absolute Gasteiger partial charge is 0.00184 e. The summed E-state index contributed by atoms with van der Waals surface area (Å²) in [6.07, 6.45) is 4.91. The van der Waals surface area contributed by atoms with Crippen molar-refractivity contribution in [2.24, 2.45) is 0 Å². The molecule has 1 heteroatoms. The van der Waals surface area contributed by atoms with Gasteiger partial charge in [0.15, 0.2) is 0 Å². The molecule has 0 atom stereocenters. The van der Waals surface area contributed by atoms with Crippen molar-refractivity contribution in [1.29, 1.82) is 0 Å². The lowest BCUT2D eigenvalue weighted by molar-refractivity contribution is 0.583. The van der Waals surface area contributed by atoms with Crippen LogP contribution in [0.3, 0.4) is 0 Å². The van der Waals surface area contributed by atoms with Gasteiger partial charge in [-0.1, -0.05) is 65.8 Å². The van der Waals surface area contributed by atoms with Crippen LogP contribution in [-0.4, -0.2) is 12.5 Å². The largest absolute Gasteiger partial charge is 0.192 e. The molecule has 2 aromatic rings. The Morgan fingerprint density at radius 3 is 1.26 bits per heavy atom. The molecule has 23 heavy (non-hydrogen) atoms. The molecule has 0 unspecified atom stereocenters. The number of rotatable bonds is 0. The summed E-state index contributed by atoms with van der Waals surface area (Å²) in [5.41, 5.74) is 6.36. The molecule has 0 saturated heterocycles. The Labute approximate surface area is 143 Å². The van der Waals surface area contributed by atoms with E-state index in [0.29, 0.717) is 0 Å². The fourth-order valence-corrected chi connectivity index (χ4v) is 6.32. The summed E-state index contributed by atoms with van der Waals surface area (Å²) in [4.78, 5) is 3.13. The summed E-state index contributed by atoms with van der Waals surface area (Å²) in [6, 6.07) is 13.9. The van der Waals surface area contributed by atoms with Crippen molar-refractivity contribution in [3.63, 3.8) is 0 Å². The minimum absolute atomic E-state index is 0.160. The maximum Gasteiger partial charge on any atom is 0.00184 e. The first-order chi connectivity index (χ1) is 10.5.